The first-order valence-electron chi connectivity index (χ1n) is 13.5. The summed E-state index contributed by atoms with van der Waals surface area (Å²) in [5, 5.41) is 0. The van der Waals surface area contributed by atoms with Gasteiger partial charge < -0.3 is 4.74 Å². The average Bonchev–Trinajstić information content (AvgIpc) is 2.86. The van der Waals surface area contributed by atoms with Crippen molar-refractivity contribution in [1.82, 2.24) is 0 Å². The number of ether oxygens (including phenoxy) is 1. The van der Waals surface area contributed by atoms with Gasteiger partial charge in [0.05, 0.1) is 6.08 Å². The molecule has 2 saturated carbocycles. The zero-order valence-corrected chi connectivity index (χ0v) is 21.4. The molecule has 1 nitrogen and oxygen atoms in total. The van der Waals surface area contributed by atoms with Crippen molar-refractivity contribution in [3.05, 3.63) is 65.5 Å². The molecule has 2 aliphatic carbocycles. The normalized spacial score (nSPS) is 24.2. The fourth-order valence-electron chi connectivity index (χ4n) is 6.41. The molecule has 38 heavy (non-hydrogen) atoms. The Morgan fingerprint density at radius 2 is 1.42 bits per heavy atom. The SMILES string of the molecule is CCCC1CCC(C2CCC(c3ccc(-c4cc(F)c(OC(F)(F)C=C(F)F)c(F)c4)c(F)c3)CC2)CC1. The van der Waals surface area contributed by atoms with Crippen LogP contribution in [0.4, 0.5) is 30.7 Å². The van der Waals surface area contributed by atoms with Gasteiger partial charge in [-0.3, -0.25) is 0 Å². The number of rotatable bonds is 8. The lowest BCUT2D eigenvalue weighted by Gasteiger charge is -2.38. The highest BCUT2D eigenvalue weighted by Gasteiger charge is 2.34. The minimum absolute atomic E-state index is 0.0999. The summed E-state index contributed by atoms with van der Waals surface area (Å²) in [6.45, 7) is 2.24. The number of alkyl halides is 2. The van der Waals surface area contributed by atoms with Crippen molar-refractivity contribution in [2.75, 3.05) is 0 Å². The Morgan fingerprint density at radius 3 is 1.95 bits per heavy atom. The zero-order valence-electron chi connectivity index (χ0n) is 21.4. The third-order valence-electron chi connectivity index (χ3n) is 8.32. The van der Waals surface area contributed by atoms with E-state index in [1.807, 2.05) is 0 Å². The van der Waals surface area contributed by atoms with E-state index >= 15 is 4.39 Å². The summed E-state index contributed by atoms with van der Waals surface area (Å²) in [6.07, 6.45) is 3.76. The first kappa shape index (κ1) is 28.5. The lowest BCUT2D eigenvalue weighted by Crippen LogP contribution is -2.25. The van der Waals surface area contributed by atoms with Gasteiger partial charge in [-0.25, -0.2) is 13.2 Å². The minimum Gasteiger partial charge on any atom is -0.423 e. The molecule has 0 atom stereocenters. The van der Waals surface area contributed by atoms with Gasteiger partial charge in [-0.05, 0) is 91.5 Å². The zero-order chi connectivity index (χ0) is 27.4. The molecule has 2 fully saturated rings. The number of hydrogen-bond donors (Lipinski definition) is 0. The molecule has 208 valence electrons. The molecule has 4 rings (SSSR count). The van der Waals surface area contributed by atoms with Crippen LogP contribution < -0.4 is 4.74 Å². The second-order valence-corrected chi connectivity index (χ2v) is 10.8. The third-order valence-corrected chi connectivity index (χ3v) is 8.32. The van der Waals surface area contributed by atoms with Crippen LogP contribution in [0.2, 0.25) is 0 Å². The molecule has 0 aromatic heterocycles. The molecule has 0 saturated heterocycles. The van der Waals surface area contributed by atoms with Crippen molar-refractivity contribution >= 4 is 0 Å². The van der Waals surface area contributed by atoms with Gasteiger partial charge in [0.25, 0.3) is 6.08 Å². The van der Waals surface area contributed by atoms with Crippen LogP contribution in [0.15, 0.2) is 42.5 Å². The van der Waals surface area contributed by atoms with Crippen molar-refractivity contribution in [2.24, 2.45) is 17.8 Å². The molecule has 0 spiro atoms. The Bertz CT molecular complexity index is 1100. The average molecular weight is 543 g/mol. The largest absolute Gasteiger partial charge is 0.425 e. The highest BCUT2D eigenvalue weighted by Crippen LogP contribution is 2.45. The molecular formula is C30H33F7O. The summed E-state index contributed by atoms with van der Waals surface area (Å²) in [5.74, 6) is -2.73. The molecular weight excluding hydrogens is 509 g/mol. The topological polar surface area (TPSA) is 9.23 Å². The molecule has 2 aromatic carbocycles. The van der Waals surface area contributed by atoms with Crippen LogP contribution in [0.3, 0.4) is 0 Å². The summed E-state index contributed by atoms with van der Waals surface area (Å²) in [5.41, 5.74) is 0.517. The van der Waals surface area contributed by atoms with E-state index < -0.39 is 41.5 Å². The van der Waals surface area contributed by atoms with Crippen LogP contribution in [0.5, 0.6) is 5.75 Å². The van der Waals surface area contributed by atoms with Crippen molar-refractivity contribution < 1.29 is 35.5 Å². The van der Waals surface area contributed by atoms with Crippen molar-refractivity contribution in [1.29, 1.82) is 0 Å². The van der Waals surface area contributed by atoms with Gasteiger partial charge in [-0.2, -0.15) is 17.6 Å². The molecule has 0 aliphatic heterocycles. The van der Waals surface area contributed by atoms with E-state index in [0.29, 0.717) is 18.1 Å². The van der Waals surface area contributed by atoms with Crippen LogP contribution in [-0.4, -0.2) is 6.11 Å². The Labute approximate surface area is 219 Å². The second kappa shape index (κ2) is 12.1. The van der Waals surface area contributed by atoms with Gasteiger partial charge in [0.2, 0.25) is 0 Å². The van der Waals surface area contributed by atoms with E-state index in [-0.39, 0.29) is 17.0 Å². The predicted molar refractivity (Wildman–Crippen MR) is 133 cm³/mol. The lowest BCUT2D eigenvalue weighted by molar-refractivity contribution is -0.137. The molecule has 2 aliphatic rings. The second-order valence-electron chi connectivity index (χ2n) is 10.8. The summed E-state index contributed by atoms with van der Waals surface area (Å²) in [6, 6.07) is 5.82. The summed E-state index contributed by atoms with van der Waals surface area (Å²) in [7, 11) is 0. The molecule has 0 unspecified atom stereocenters. The van der Waals surface area contributed by atoms with Crippen LogP contribution in [0, 0.1) is 35.2 Å². The van der Waals surface area contributed by atoms with Crippen LogP contribution in [0.25, 0.3) is 11.1 Å². The third kappa shape index (κ3) is 6.92. The fourth-order valence-corrected chi connectivity index (χ4v) is 6.41. The van der Waals surface area contributed by atoms with E-state index in [1.54, 1.807) is 6.07 Å². The monoisotopic (exact) mass is 542 g/mol. The number of benzene rings is 2. The van der Waals surface area contributed by atoms with Gasteiger partial charge in [-0.1, -0.05) is 44.7 Å². The minimum atomic E-state index is -4.62. The molecule has 8 heteroatoms. The highest BCUT2D eigenvalue weighted by molar-refractivity contribution is 5.66. The van der Waals surface area contributed by atoms with E-state index in [9.17, 15) is 26.3 Å². The molecule has 2 aromatic rings. The van der Waals surface area contributed by atoms with Gasteiger partial charge in [0.1, 0.15) is 5.82 Å². The van der Waals surface area contributed by atoms with Crippen molar-refractivity contribution in [3.63, 3.8) is 0 Å². The van der Waals surface area contributed by atoms with Gasteiger partial charge in [-0.15, -0.1) is 0 Å². The lowest BCUT2D eigenvalue weighted by atomic mass is 9.68. The molecule has 0 bridgehead atoms. The van der Waals surface area contributed by atoms with Gasteiger partial charge in [0.15, 0.2) is 17.4 Å². The Hall–Kier alpha value is -2.51. The predicted octanol–water partition coefficient (Wildman–Crippen LogP) is 10.4. The van der Waals surface area contributed by atoms with Crippen molar-refractivity contribution in [2.45, 2.75) is 83.2 Å². The van der Waals surface area contributed by atoms with Crippen LogP contribution >= 0.6 is 0 Å². The Balaban J connectivity index is 1.41. The molecule has 0 radical (unpaired) electrons. The smallest absolute Gasteiger partial charge is 0.423 e. The first-order valence-corrected chi connectivity index (χ1v) is 13.5. The van der Waals surface area contributed by atoms with Crippen LogP contribution in [0.1, 0.15) is 82.6 Å². The molecule has 0 amide bonds. The Kier molecular flexibility index (Phi) is 9.09. The molecule has 0 heterocycles. The first-order chi connectivity index (χ1) is 18.1. The summed E-state index contributed by atoms with van der Waals surface area (Å²) >= 11 is 0. The maximum Gasteiger partial charge on any atom is 0.425 e. The maximum absolute atomic E-state index is 15.0. The summed E-state index contributed by atoms with van der Waals surface area (Å²) < 4.78 is 98.8. The number of hydrogen-bond acceptors (Lipinski definition) is 1. The standard InChI is InChI=1S/C30H33F7O/c1-2-3-18-4-6-19(7-5-18)20-8-10-21(11-9-20)22-12-13-24(25(31)14-22)23-15-26(32)29(27(33)16-23)38-30(36,37)17-28(34)35/h12-21H,2-11H2,1H3. The highest BCUT2D eigenvalue weighted by atomic mass is 19.3. The van der Waals surface area contributed by atoms with Gasteiger partial charge in [0, 0.05) is 5.56 Å². The van der Waals surface area contributed by atoms with Crippen LogP contribution in [-0.2, 0) is 0 Å². The number of halogens is 7. The quantitative estimate of drug-likeness (QED) is 0.302. The Morgan fingerprint density at radius 1 is 0.842 bits per heavy atom. The fraction of sp³-hybridized carbons (Fsp3) is 0.533. The van der Waals surface area contributed by atoms with E-state index in [2.05, 4.69) is 11.7 Å². The van der Waals surface area contributed by atoms with E-state index in [4.69, 9.17) is 0 Å². The van der Waals surface area contributed by atoms with E-state index in [1.165, 1.54) is 50.7 Å². The van der Waals surface area contributed by atoms with Crippen molar-refractivity contribution in [3.8, 4) is 16.9 Å². The summed E-state index contributed by atoms with van der Waals surface area (Å²) in [4.78, 5) is 0. The van der Waals surface area contributed by atoms with Gasteiger partial charge >= 0.3 is 6.11 Å². The molecule has 0 N–H and O–H groups in total. The van der Waals surface area contributed by atoms with E-state index in [0.717, 1.165) is 43.1 Å². The maximum atomic E-state index is 15.0.